The van der Waals surface area contributed by atoms with E-state index in [1.165, 1.54) is 5.56 Å². The Kier molecular flexibility index (Phi) is 5.53. The van der Waals surface area contributed by atoms with E-state index in [4.69, 9.17) is 11.6 Å². The van der Waals surface area contributed by atoms with Gasteiger partial charge in [-0.25, -0.2) is 0 Å². The van der Waals surface area contributed by atoms with Crippen LogP contribution in [-0.4, -0.2) is 46.3 Å². The third-order valence-electron chi connectivity index (χ3n) is 4.42. The fourth-order valence-electron chi connectivity index (χ4n) is 3.06. The molecular weight excluding hydrogens is 324 g/mol. The zero-order chi connectivity index (χ0) is 16.9. The number of carbonyl (C=O) groups excluding carboxylic acids is 1. The third-order valence-corrected chi connectivity index (χ3v) is 4.75. The Morgan fingerprint density at radius 1 is 1.33 bits per heavy atom. The highest BCUT2D eigenvalue weighted by Gasteiger charge is 2.24. The average molecular weight is 347 g/mol. The Bertz CT molecular complexity index is 692. The molecule has 1 aliphatic rings. The summed E-state index contributed by atoms with van der Waals surface area (Å²) in [5, 5.41) is 8.38. The maximum atomic E-state index is 12.5. The molecule has 128 valence electrons. The molecule has 0 bridgehead atoms. The number of amides is 1. The lowest BCUT2D eigenvalue weighted by Crippen LogP contribution is -2.45. The van der Waals surface area contributed by atoms with Crippen LogP contribution in [0.15, 0.2) is 36.7 Å². The van der Waals surface area contributed by atoms with E-state index in [0.717, 1.165) is 39.0 Å². The number of likely N-dealkylation sites (tertiary alicyclic amines) is 1. The normalized spacial score (nSPS) is 15.7. The summed E-state index contributed by atoms with van der Waals surface area (Å²) in [5.41, 5.74) is 1.78. The molecule has 1 amide bonds. The minimum atomic E-state index is 0.0334. The largest absolute Gasteiger partial charge is 0.338 e. The van der Waals surface area contributed by atoms with E-state index in [1.54, 1.807) is 12.1 Å². The molecule has 1 N–H and O–H groups in total. The molecule has 1 aliphatic heterocycles. The molecule has 5 nitrogen and oxygen atoms in total. The molecule has 0 radical (unpaired) electrons. The molecule has 1 aromatic carbocycles. The van der Waals surface area contributed by atoms with E-state index in [9.17, 15) is 4.79 Å². The maximum absolute atomic E-state index is 12.5. The first-order valence-electron chi connectivity index (χ1n) is 8.40. The topological polar surface area (TPSA) is 50.2 Å². The summed E-state index contributed by atoms with van der Waals surface area (Å²) in [6.45, 7) is 5.34. The van der Waals surface area contributed by atoms with Gasteiger partial charge in [0, 0.05) is 31.9 Å². The van der Waals surface area contributed by atoms with Gasteiger partial charge in [-0.2, -0.15) is 5.10 Å². The molecule has 0 spiro atoms. The van der Waals surface area contributed by atoms with Crippen molar-refractivity contribution in [1.82, 2.24) is 20.0 Å². The molecule has 0 unspecified atom stereocenters. The third kappa shape index (κ3) is 4.16. The second-order valence-corrected chi connectivity index (χ2v) is 6.69. The van der Waals surface area contributed by atoms with Crippen molar-refractivity contribution in [3.63, 3.8) is 0 Å². The SMILES string of the molecule is Cc1cnn(CCNC2CCN(C(=O)c3ccccc3Cl)CC2)c1. The molecule has 1 aromatic heterocycles. The zero-order valence-corrected chi connectivity index (χ0v) is 14.7. The summed E-state index contributed by atoms with van der Waals surface area (Å²) in [6.07, 6.45) is 5.86. The van der Waals surface area contributed by atoms with Gasteiger partial charge in [0.05, 0.1) is 23.3 Å². The Morgan fingerprint density at radius 2 is 2.08 bits per heavy atom. The number of rotatable bonds is 5. The van der Waals surface area contributed by atoms with Gasteiger partial charge < -0.3 is 10.2 Å². The minimum absolute atomic E-state index is 0.0334. The highest BCUT2D eigenvalue weighted by atomic mass is 35.5. The Balaban J connectivity index is 1.44. The van der Waals surface area contributed by atoms with Crippen LogP contribution in [0.4, 0.5) is 0 Å². The quantitative estimate of drug-likeness (QED) is 0.905. The van der Waals surface area contributed by atoms with Crippen LogP contribution >= 0.6 is 11.6 Å². The summed E-state index contributed by atoms with van der Waals surface area (Å²) in [7, 11) is 0. The first-order valence-corrected chi connectivity index (χ1v) is 8.77. The fraction of sp³-hybridized carbons (Fsp3) is 0.444. The number of aryl methyl sites for hydroxylation is 1. The average Bonchev–Trinajstić information content (AvgIpc) is 3.01. The van der Waals surface area contributed by atoms with E-state index in [1.807, 2.05) is 41.0 Å². The number of nitrogens with zero attached hydrogens (tertiary/aromatic N) is 3. The van der Waals surface area contributed by atoms with Crippen molar-refractivity contribution in [3.8, 4) is 0 Å². The monoisotopic (exact) mass is 346 g/mol. The molecule has 1 saturated heterocycles. The Labute approximate surface area is 147 Å². The number of aromatic nitrogens is 2. The lowest BCUT2D eigenvalue weighted by atomic mass is 10.0. The van der Waals surface area contributed by atoms with Crippen molar-refractivity contribution in [2.24, 2.45) is 0 Å². The molecule has 2 aromatic rings. The van der Waals surface area contributed by atoms with Crippen molar-refractivity contribution in [1.29, 1.82) is 0 Å². The first kappa shape index (κ1) is 17.0. The van der Waals surface area contributed by atoms with Gasteiger partial charge in [0.25, 0.3) is 5.91 Å². The summed E-state index contributed by atoms with van der Waals surface area (Å²) >= 11 is 6.13. The molecule has 24 heavy (non-hydrogen) atoms. The molecule has 0 atom stereocenters. The molecule has 2 heterocycles. The summed E-state index contributed by atoms with van der Waals surface area (Å²) < 4.78 is 1.96. The first-order chi connectivity index (χ1) is 11.6. The van der Waals surface area contributed by atoms with Crippen molar-refractivity contribution in [3.05, 3.63) is 52.8 Å². The lowest BCUT2D eigenvalue weighted by molar-refractivity contribution is 0.0705. The van der Waals surface area contributed by atoms with Gasteiger partial charge in [0.1, 0.15) is 0 Å². The highest BCUT2D eigenvalue weighted by Crippen LogP contribution is 2.19. The van der Waals surface area contributed by atoms with E-state index in [2.05, 4.69) is 10.4 Å². The van der Waals surface area contributed by atoms with E-state index in [0.29, 0.717) is 16.6 Å². The van der Waals surface area contributed by atoms with Crippen LogP contribution in [0.3, 0.4) is 0 Å². The van der Waals surface area contributed by atoms with Crippen LogP contribution in [0.5, 0.6) is 0 Å². The van der Waals surface area contributed by atoms with Gasteiger partial charge in [-0.05, 0) is 37.5 Å². The second-order valence-electron chi connectivity index (χ2n) is 6.28. The molecule has 3 rings (SSSR count). The van der Waals surface area contributed by atoms with Gasteiger partial charge in [-0.1, -0.05) is 23.7 Å². The highest BCUT2D eigenvalue weighted by molar-refractivity contribution is 6.33. The number of halogens is 1. The number of hydrogen-bond donors (Lipinski definition) is 1. The standard InChI is InChI=1S/C18H23ClN4O/c1-14-12-21-23(13-14)11-8-20-15-6-9-22(10-7-15)18(24)16-4-2-3-5-17(16)19/h2-5,12-13,15,20H,6-11H2,1H3. The van der Waals surface area contributed by atoms with Gasteiger partial charge >= 0.3 is 0 Å². The van der Waals surface area contributed by atoms with Gasteiger partial charge in [-0.3, -0.25) is 9.48 Å². The van der Waals surface area contributed by atoms with Crippen LogP contribution in [-0.2, 0) is 6.54 Å². The number of nitrogens with one attached hydrogen (secondary N) is 1. The van der Waals surface area contributed by atoms with Gasteiger partial charge in [-0.15, -0.1) is 0 Å². The summed E-state index contributed by atoms with van der Waals surface area (Å²) in [4.78, 5) is 14.4. The molecule has 1 fully saturated rings. The zero-order valence-electron chi connectivity index (χ0n) is 13.9. The van der Waals surface area contributed by atoms with Crippen molar-refractivity contribution in [2.75, 3.05) is 19.6 Å². The maximum Gasteiger partial charge on any atom is 0.255 e. The number of carbonyl (C=O) groups is 1. The van der Waals surface area contributed by atoms with Crippen LogP contribution < -0.4 is 5.32 Å². The van der Waals surface area contributed by atoms with Crippen LogP contribution in [0, 0.1) is 6.92 Å². The molecular formula is C18H23ClN4O. The Morgan fingerprint density at radius 3 is 2.75 bits per heavy atom. The van der Waals surface area contributed by atoms with Crippen molar-refractivity contribution in [2.45, 2.75) is 32.4 Å². The predicted octanol–water partition coefficient (Wildman–Crippen LogP) is 2.74. The summed E-state index contributed by atoms with van der Waals surface area (Å²) in [6, 6.07) is 7.71. The predicted molar refractivity (Wildman–Crippen MR) is 95.3 cm³/mol. The second kappa shape index (κ2) is 7.81. The van der Waals surface area contributed by atoms with Crippen LogP contribution in [0.25, 0.3) is 0 Å². The minimum Gasteiger partial charge on any atom is -0.338 e. The van der Waals surface area contributed by atoms with Crippen molar-refractivity contribution < 1.29 is 4.79 Å². The lowest BCUT2D eigenvalue weighted by Gasteiger charge is -2.32. The van der Waals surface area contributed by atoms with Gasteiger partial charge in [0.15, 0.2) is 0 Å². The van der Waals surface area contributed by atoms with Gasteiger partial charge in [0.2, 0.25) is 0 Å². The fourth-order valence-corrected chi connectivity index (χ4v) is 3.28. The van der Waals surface area contributed by atoms with E-state index >= 15 is 0 Å². The molecule has 0 saturated carbocycles. The van der Waals surface area contributed by atoms with Crippen LogP contribution in [0.2, 0.25) is 5.02 Å². The van der Waals surface area contributed by atoms with Crippen LogP contribution in [0.1, 0.15) is 28.8 Å². The molecule has 6 heteroatoms. The number of hydrogen-bond acceptors (Lipinski definition) is 3. The summed E-state index contributed by atoms with van der Waals surface area (Å²) in [5.74, 6) is 0.0334. The van der Waals surface area contributed by atoms with E-state index in [-0.39, 0.29) is 5.91 Å². The number of piperidine rings is 1. The Hall–Kier alpha value is -1.85. The van der Waals surface area contributed by atoms with Crippen molar-refractivity contribution >= 4 is 17.5 Å². The smallest absolute Gasteiger partial charge is 0.255 e. The van der Waals surface area contributed by atoms with E-state index < -0.39 is 0 Å². The molecule has 0 aliphatic carbocycles. The number of benzene rings is 1.